The molecule has 10 rings (SSSR count). The van der Waals surface area contributed by atoms with Crippen LogP contribution in [0.5, 0.6) is 0 Å². The summed E-state index contributed by atoms with van der Waals surface area (Å²) < 4.78 is 2.37. The number of hydrogen-bond donors (Lipinski definition) is 0. The summed E-state index contributed by atoms with van der Waals surface area (Å²) in [6.07, 6.45) is 0. The number of hydrogen-bond acceptors (Lipinski definition) is 2. The Morgan fingerprint density at radius 1 is 0.383 bits per heavy atom. The molecule has 3 heteroatoms. The molecule has 0 saturated heterocycles. The third kappa shape index (κ3) is 4.00. The van der Waals surface area contributed by atoms with E-state index in [1.165, 1.54) is 60.8 Å². The molecule has 2 heterocycles. The van der Waals surface area contributed by atoms with Gasteiger partial charge in [-0.1, -0.05) is 121 Å². The van der Waals surface area contributed by atoms with E-state index in [-0.39, 0.29) is 0 Å². The van der Waals surface area contributed by atoms with Crippen LogP contribution in [0.15, 0.2) is 164 Å². The van der Waals surface area contributed by atoms with Crippen molar-refractivity contribution in [2.75, 3.05) is 0 Å². The van der Waals surface area contributed by atoms with Gasteiger partial charge >= 0.3 is 0 Å². The normalized spacial score (nSPS) is 11.8. The van der Waals surface area contributed by atoms with Gasteiger partial charge in [0.2, 0.25) is 0 Å². The second-order valence-corrected chi connectivity index (χ2v) is 12.2. The molecule has 218 valence electrons. The predicted octanol–water partition coefficient (Wildman–Crippen LogP) is 11.4. The fraction of sp³-hybridized carbons (Fsp3) is 0. The number of benzene rings is 7. The molecule has 0 bridgehead atoms. The standard InChI is InChI=1S/C44H27N3/c1-2-11-28(12-3-1)29-13-8-14-30(25-29)31-23-24-41-38(27-31)35-18-6-7-22-40(35)47(41)33-16-9-15-32(26-33)44-45-39-21-10-20-36-34-17-4-5-19-37(34)43(46-44)42(36)39/h1-27H. The molecule has 0 saturated carbocycles. The van der Waals surface area contributed by atoms with E-state index in [1.807, 2.05) is 0 Å². The minimum Gasteiger partial charge on any atom is -0.309 e. The minimum absolute atomic E-state index is 0.740. The molecule has 0 aliphatic heterocycles. The maximum absolute atomic E-state index is 5.18. The van der Waals surface area contributed by atoms with Crippen molar-refractivity contribution in [3.63, 3.8) is 0 Å². The first-order valence-corrected chi connectivity index (χ1v) is 16.0. The molecule has 0 N–H and O–H groups in total. The van der Waals surface area contributed by atoms with Crippen LogP contribution in [-0.4, -0.2) is 14.5 Å². The first-order valence-electron chi connectivity index (χ1n) is 16.0. The summed E-state index contributed by atoms with van der Waals surface area (Å²) in [6.45, 7) is 0. The van der Waals surface area contributed by atoms with Gasteiger partial charge < -0.3 is 4.57 Å². The Labute approximate surface area is 272 Å². The van der Waals surface area contributed by atoms with Crippen molar-refractivity contribution in [3.05, 3.63) is 164 Å². The second kappa shape index (κ2) is 10.1. The summed E-state index contributed by atoms with van der Waals surface area (Å²) in [4.78, 5) is 10.3. The fourth-order valence-electron chi connectivity index (χ4n) is 7.38. The van der Waals surface area contributed by atoms with Crippen LogP contribution in [0.25, 0.3) is 94.4 Å². The van der Waals surface area contributed by atoms with Gasteiger partial charge in [0.1, 0.15) is 0 Å². The van der Waals surface area contributed by atoms with Crippen LogP contribution in [-0.2, 0) is 0 Å². The molecular weight excluding hydrogens is 571 g/mol. The van der Waals surface area contributed by atoms with Crippen molar-refractivity contribution in [2.24, 2.45) is 0 Å². The zero-order valence-electron chi connectivity index (χ0n) is 25.4. The van der Waals surface area contributed by atoms with E-state index in [9.17, 15) is 0 Å². The third-order valence-electron chi connectivity index (χ3n) is 9.53. The van der Waals surface area contributed by atoms with Crippen LogP contribution in [0.1, 0.15) is 0 Å². The summed E-state index contributed by atoms with van der Waals surface area (Å²) >= 11 is 0. The molecule has 9 aromatic rings. The van der Waals surface area contributed by atoms with Crippen molar-refractivity contribution >= 4 is 32.7 Å². The second-order valence-electron chi connectivity index (χ2n) is 12.2. The SMILES string of the molecule is c1ccc(-c2cccc(-c3ccc4c(c3)c3ccccc3n4-c3cccc(-c4nc5c6c(cccc6n4)-c4ccccc4-5)c3)c2)cc1. The molecule has 0 fully saturated rings. The Kier molecular flexibility index (Phi) is 5.57. The highest BCUT2D eigenvalue weighted by Gasteiger charge is 2.24. The number of rotatable bonds is 4. The first kappa shape index (κ1) is 26.0. The van der Waals surface area contributed by atoms with Crippen molar-refractivity contribution in [1.82, 2.24) is 14.5 Å². The maximum atomic E-state index is 5.18. The highest BCUT2D eigenvalue weighted by Crippen LogP contribution is 2.46. The highest BCUT2D eigenvalue weighted by atomic mass is 15.0. The van der Waals surface area contributed by atoms with Crippen molar-refractivity contribution in [1.29, 1.82) is 0 Å². The Bertz CT molecular complexity index is 2680. The van der Waals surface area contributed by atoms with Crippen molar-refractivity contribution < 1.29 is 0 Å². The topological polar surface area (TPSA) is 30.7 Å². The fourth-order valence-corrected chi connectivity index (χ4v) is 7.38. The van der Waals surface area contributed by atoms with E-state index in [0.29, 0.717) is 0 Å². The van der Waals surface area contributed by atoms with Crippen LogP contribution in [0.2, 0.25) is 0 Å². The van der Waals surface area contributed by atoms with E-state index in [1.54, 1.807) is 0 Å². The van der Waals surface area contributed by atoms with Crippen LogP contribution in [0.3, 0.4) is 0 Å². The Morgan fingerprint density at radius 3 is 1.96 bits per heavy atom. The smallest absolute Gasteiger partial charge is 0.160 e. The molecule has 7 aromatic carbocycles. The molecule has 0 spiro atoms. The lowest BCUT2D eigenvalue weighted by Gasteiger charge is -2.11. The Morgan fingerprint density at radius 2 is 1.04 bits per heavy atom. The molecule has 0 atom stereocenters. The number of fused-ring (bicyclic) bond motifs is 6. The largest absolute Gasteiger partial charge is 0.309 e. The van der Waals surface area contributed by atoms with Crippen LogP contribution < -0.4 is 0 Å². The summed E-state index contributed by atoms with van der Waals surface area (Å²) in [6, 6.07) is 58.5. The average Bonchev–Trinajstić information content (AvgIpc) is 3.65. The Balaban J connectivity index is 1.12. The van der Waals surface area contributed by atoms with Gasteiger partial charge in [0.15, 0.2) is 5.82 Å². The number of aromatic nitrogens is 3. The molecule has 47 heavy (non-hydrogen) atoms. The van der Waals surface area contributed by atoms with Gasteiger partial charge in [-0.3, -0.25) is 0 Å². The summed E-state index contributed by atoms with van der Waals surface area (Å²) in [7, 11) is 0. The van der Waals surface area contributed by atoms with Gasteiger partial charge in [-0.05, 0) is 75.8 Å². The summed E-state index contributed by atoms with van der Waals surface area (Å²) in [5.41, 5.74) is 14.9. The highest BCUT2D eigenvalue weighted by molar-refractivity contribution is 6.13. The number of nitrogens with zero attached hydrogens (tertiary/aromatic N) is 3. The van der Waals surface area contributed by atoms with E-state index >= 15 is 0 Å². The molecular formula is C44H27N3. The van der Waals surface area contributed by atoms with Gasteiger partial charge in [0.05, 0.1) is 22.2 Å². The van der Waals surface area contributed by atoms with Crippen LogP contribution >= 0.6 is 0 Å². The van der Waals surface area contributed by atoms with Gasteiger partial charge in [-0.2, -0.15) is 0 Å². The minimum atomic E-state index is 0.740. The Hall–Kier alpha value is -6.32. The molecule has 1 aliphatic rings. The quantitative estimate of drug-likeness (QED) is 0.202. The molecule has 0 amide bonds. The molecule has 2 aromatic heterocycles. The van der Waals surface area contributed by atoms with Gasteiger partial charge in [0, 0.05) is 33.0 Å². The predicted molar refractivity (Wildman–Crippen MR) is 195 cm³/mol. The average molecular weight is 598 g/mol. The maximum Gasteiger partial charge on any atom is 0.160 e. The zero-order valence-corrected chi connectivity index (χ0v) is 25.4. The lowest BCUT2D eigenvalue weighted by Crippen LogP contribution is -1.97. The van der Waals surface area contributed by atoms with Gasteiger partial charge in [0.25, 0.3) is 0 Å². The third-order valence-corrected chi connectivity index (χ3v) is 9.53. The van der Waals surface area contributed by atoms with E-state index in [0.717, 1.165) is 33.7 Å². The van der Waals surface area contributed by atoms with E-state index < -0.39 is 0 Å². The van der Waals surface area contributed by atoms with Crippen LogP contribution in [0.4, 0.5) is 0 Å². The van der Waals surface area contributed by atoms with Gasteiger partial charge in [-0.15, -0.1) is 0 Å². The lowest BCUT2D eigenvalue weighted by molar-refractivity contribution is 1.17. The molecule has 0 unspecified atom stereocenters. The van der Waals surface area contributed by atoms with E-state index in [2.05, 4.69) is 168 Å². The molecule has 0 radical (unpaired) electrons. The lowest BCUT2D eigenvalue weighted by atomic mass is 9.98. The summed E-state index contributed by atoms with van der Waals surface area (Å²) in [5.74, 6) is 0.740. The van der Waals surface area contributed by atoms with Crippen LogP contribution in [0, 0.1) is 0 Å². The zero-order chi connectivity index (χ0) is 30.9. The number of para-hydroxylation sites is 1. The molecule has 1 aliphatic carbocycles. The van der Waals surface area contributed by atoms with E-state index in [4.69, 9.17) is 9.97 Å². The molecule has 3 nitrogen and oxygen atoms in total. The first-order chi connectivity index (χ1) is 23.3. The monoisotopic (exact) mass is 597 g/mol. The van der Waals surface area contributed by atoms with Gasteiger partial charge in [-0.25, -0.2) is 9.97 Å². The van der Waals surface area contributed by atoms with Crippen molar-refractivity contribution in [2.45, 2.75) is 0 Å². The van der Waals surface area contributed by atoms with Crippen molar-refractivity contribution in [3.8, 4) is 61.7 Å². The summed E-state index contributed by atoms with van der Waals surface area (Å²) in [5, 5.41) is 3.60.